The van der Waals surface area contributed by atoms with Crippen molar-refractivity contribution in [1.82, 2.24) is 9.97 Å². The highest BCUT2D eigenvalue weighted by molar-refractivity contribution is 6.11. The molecule has 3 N–H and O–H groups in total. The van der Waals surface area contributed by atoms with Crippen molar-refractivity contribution >= 4 is 17.8 Å². The summed E-state index contributed by atoms with van der Waals surface area (Å²) in [6.07, 6.45) is 9.54. The Balaban J connectivity index is 1.62. The van der Waals surface area contributed by atoms with Gasteiger partial charge in [0.25, 0.3) is 0 Å². The molecule has 136 valence electrons. The number of allylic oxidation sites excluding steroid dienone is 1. The molecule has 0 amide bonds. The third-order valence-corrected chi connectivity index (χ3v) is 4.25. The summed E-state index contributed by atoms with van der Waals surface area (Å²) in [4.78, 5) is 21.7. The van der Waals surface area contributed by atoms with Gasteiger partial charge in [0.05, 0.1) is 18.5 Å². The molecule has 6 nitrogen and oxygen atoms in total. The van der Waals surface area contributed by atoms with E-state index in [1.807, 2.05) is 36.5 Å². The molecule has 0 aliphatic carbocycles. The number of ether oxygens (including phenoxy) is 1. The Morgan fingerprint density at radius 1 is 1.27 bits per heavy atom. The molecular weight excluding hydrogens is 330 g/mol. The molecular formula is C20H23N3O3. The fourth-order valence-electron chi connectivity index (χ4n) is 2.91. The first-order valence-corrected chi connectivity index (χ1v) is 8.75. The lowest BCUT2D eigenvalue weighted by molar-refractivity contribution is -0.137. The number of hydrogen-bond acceptors (Lipinski definition) is 3. The van der Waals surface area contributed by atoms with Crippen LogP contribution in [-0.2, 0) is 16.0 Å². The van der Waals surface area contributed by atoms with E-state index in [1.54, 1.807) is 7.11 Å². The molecule has 0 radical (unpaired) electrons. The highest BCUT2D eigenvalue weighted by atomic mass is 16.5. The summed E-state index contributed by atoms with van der Waals surface area (Å²) in [5.41, 5.74) is 4.70. The number of carbonyl (C=O) groups is 1. The molecule has 3 rings (SSSR count). The summed E-state index contributed by atoms with van der Waals surface area (Å²) in [6.45, 7) is 0. The molecule has 0 spiro atoms. The van der Waals surface area contributed by atoms with Crippen molar-refractivity contribution in [2.75, 3.05) is 7.11 Å². The number of aromatic nitrogens is 2. The van der Waals surface area contributed by atoms with Crippen LogP contribution in [0.3, 0.4) is 0 Å². The summed E-state index contributed by atoms with van der Waals surface area (Å²) in [5, 5.41) is 8.65. The van der Waals surface area contributed by atoms with Crippen LogP contribution in [0.1, 0.15) is 42.8 Å². The third kappa shape index (κ3) is 4.53. The first kappa shape index (κ1) is 17.8. The zero-order valence-corrected chi connectivity index (χ0v) is 14.8. The maximum absolute atomic E-state index is 10.5. The smallest absolute Gasteiger partial charge is 0.303 e. The number of aromatic amines is 2. The quantitative estimate of drug-likeness (QED) is 0.597. The fourth-order valence-corrected chi connectivity index (χ4v) is 2.91. The molecule has 0 unspecified atom stereocenters. The molecule has 0 atom stereocenters. The number of H-pyrrole nitrogens is 2. The van der Waals surface area contributed by atoms with Gasteiger partial charge in [-0.3, -0.25) is 4.79 Å². The van der Waals surface area contributed by atoms with Crippen LogP contribution in [0.2, 0.25) is 0 Å². The normalized spacial score (nSPS) is 15.2. The number of carboxylic acid groups (broad SMARTS) is 1. The van der Waals surface area contributed by atoms with E-state index in [4.69, 9.17) is 9.84 Å². The Morgan fingerprint density at radius 3 is 2.88 bits per heavy atom. The van der Waals surface area contributed by atoms with Gasteiger partial charge in [-0.2, -0.15) is 0 Å². The fraction of sp³-hybridized carbons (Fsp3) is 0.300. The van der Waals surface area contributed by atoms with E-state index < -0.39 is 5.97 Å². The molecule has 0 saturated carbocycles. The minimum absolute atomic E-state index is 0.245. The van der Waals surface area contributed by atoms with E-state index in [0.29, 0.717) is 0 Å². The van der Waals surface area contributed by atoms with E-state index in [1.165, 1.54) is 0 Å². The van der Waals surface area contributed by atoms with Gasteiger partial charge in [-0.25, -0.2) is 4.99 Å². The van der Waals surface area contributed by atoms with Crippen molar-refractivity contribution in [1.29, 1.82) is 0 Å². The van der Waals surface area contributed by atoms with Crippen LogP contribution in [0.15, 0.2) is 53.0 Å². The molecule has 3 heterocycles. The predicted octanol–water partition coefficient (Wildman–Crippen LogP) is 3.90. The molecule has 0 fully saturated rings. The number of unbranched alkanes of at least 4 members (excludes halogenated alkanes) is 2. The summed E-state index contributed by atoms with van der Waals surface area (Å²) >= 11 is 0. The highest BCUT2D eigenvalue weighted by Crippen LogP contribution is 2.24. The predicted molar refractivity (Wildman–Crippen MR) is 101 cm³/mol. The van der Waals surface area contributed by atoms with Gasteiger partial charge in [0.1, 0.15) is 11.5 Å². The van der Waals surface area contributed by atoms with Gasteiger partial charge in [-0.15, -0.1) is 0 Å². The number of aryl methyl sites for hydroxylation is 1. The van der Waals surface area contributed by atoms with Crippen molar-refractivity contribution in [2.45, 2.75) is 32.1 Å². The third-order valence-electron chi connectivity index (χ3n) is 4.25. The van der Waals surface area contributed by atoms with Crippen molar-refractivity contribution in [3.8, 4) is 0 Å². The average molecular weight is 353 g/mol. The molecule has 0 saturated heterocycles. The lowest BCUT2D eigenvalue weighted by Gasteiger charge is -2.01. The first-order valence-electron chi connectivity index (χ1n) is 8.75. The first-order chi connectivity index (χ1) is 12.7. The second-order valence-corrected chi connectivity index (χ2v) is 6.22. The van der Waals surface area contributed by atoms with Crippen LogP contribution in [-0.4, -0.2) is 33.9 Å². The lowest BCUT2D eigenvalue weighted by atomic mass is 10.1. The number of aliphatic imine (C=N–C) groups is 1. The second kappa shape index (κ2) is 8.38. The van der Waals surface area contributed by atoms with E-state index in [9.17, 15) is 4.79 Å². The van der Waals surface area contributed by atoms with Gasteiger partial charge in [-0.1, -0.05) is 6.42 Å². The Morgan fingerprint density at radius 2 is 2.15 bits per heavy atom. The molecule has 6 heteroatoms. The minimum atomic E-state index is -0.725. The molecule has 0 bridgehead atoms. The van der Waals surface area contributed by atoms with Crippen LogP contribution in [0, 0.1) is 0 Å². The Hall–Kier alpha value is -3.02. The van der Waals surface area contributed by atoms with Gasteiger partial charge in [-0.05, 0) is 49.6 Å². The molecule has 2 aromatic rings. The topological polar surface area (TPSA) is 90.5 Å². The van der Waals surface area contributed by atoms with Crippen molar-refractivity contribution < 1.29 is 14.6 Å². The van der Waals surface area contributed by atoms with Crippen LogP contribution >= 0.6 is 0 Å². The van der Waals surface area contributed by atoms with Gasteiger partial charge in [0, 0.05) is 30.1 Å². The van der Waals surface area contributed by atoms with Crippen LogP contribution in [0.25, 0.3) is 6.08 Å². The van der Waals surface area contributed by atoms with Crippen molar-refractivity contribution in [3.63, 3.8) is 0 Å². The molecule has 1 aliphatic heterocycles. The van der Waals surface area contributed by atoms with Crippen LogP contribution < -0.4 is 0 Å². The Labute approximate surface area is 152 Å². The van der Waals surface area contributed by atoms with Crippen LogP contribution in [0.5, 0.6) is 0 Å². The summed E-state index contributed by atoms with van der Waals surface area (Å²) in [7, 11) is 1.64. The van der Waals surface area contributed by atoms with E-state index >= 15 is 0 Å². The monoisotopic (exact) mass is 353 g/mol. The van der Waals surface area contributed by atoms with Gasteiger partial charge < -0.3 is 19.8 Å². The Kier molecular flexibility index (Phi) is 5.73. The number of rotatable bonds is 9. The SMILES string of the molecule is COC1=CC(c2ccc[nH]2)=N/C1=C\c1ccc(CCCCCC(=O)O)[nH]1. The lowest BCUT2D eigenvalue weighted by Crippen LogP contribution is -1.94. The number of nitrogens with one attached hydrogen (secondary N) is 2. The van der Waals surface area contributed by atoms with Gasteiger partial charge in [0.2, 0.25) is 0 Å². The standard InChI is InChI=1S/C20H23N3O3/c1-26-19-13-17(16-7-5-11-21-16)23-18(19)12-15-10-9-14(22-15)6-3-2-4-8-20(24)25/h5,7,9-13,21-22H,2-4,6,8H2,1H3,(H,24,25)/b18-12-. The van der Waals surface area contributed by atoms with Gasteiger partial charge in [0.15, 0.2) is 0 Å². The number of aliphatic carboxylic acids is 1. The second-order valence-electron chi connectivity index (χ2n) is 6.22. The largest absolute Gasteiger partial charge is 0.494 e. The highest BCUT2D eigenvalue weighted by Gasteiger charge is 2.17. The molecule has 1 aliphatic rings. The number of methoxy groups -OCH3 is 1. The van der Waals surface area contributed by atoms with Crippen molar-refractivity contribution in [2.24, 2.45) is 4.99 Å². The number of hydrogen-bond donors (Lipinski definition) is 3. The summed E-state index contributed by atoms with van der Waals surface area (Å²) in [6, 6.07) is 8.00. The van der Waals surface area contributed by atoms with E-state index in [0.717, 1.165) is 59.9 Å². The average Bonchev–Trinajstić information content (AvgIpc) is 3.35. The number of carboxylic acids is 1. The van der Waals surface area contributed by atoms with Crippen molar-refractivity contribution in [3.05, 3.63) is 65.1 Å². The number of nitrogens with zero attached hydrogens (tertiary/aromatic N) is 1. The minimum Gasteiger partial charge on any atom is -0.494 e. The summed E-state index contributed by atoms with van der Waals surface area (Å²) in [5.74, 6) is 0.0102. The van der Waals surface area contributed by atoms with Gasteiger partial charge >= 0.3 is 5.97 Å². The maximum atomic E-state index is 10.5. The molecule has 26 heavy (non-hydrogen) atoms. The van der Waals surface area contributed by atoms with E-state index in [2.05, 4.69) is 21.0 Å². The Bertz CT molecular complexity index is 842. The molecule has 2 aromatic heterocycles. The zero-order chi connectivity index (χ0) is 18.4. The van der Waals surface area contributed by atoms with E-state index in [-0.39, 0.29) is 6.42 Å². The van der Waals surface area contributed by atoms with Crippen LogP contribution in [0.4, 0.5) is 0 Å². The maximum Gasteiger partial charge on any atom is 0.303 e. The molecule has 0 aromatic carbocycles. The zero-order valence-electron chi connectivity index (χ0n) is 14.8. The summed E-state index contributed by atoms with van der Waals surface area (Å²) < 4.78 is 5.44.